The summed E-state index contributed by atoms with van der Waals surface area (Å²) < 4.78 is 18.9. The molecule has 0 spiro atoms. The van der Waals surface area contributed by atoms with E-state index in [-0.39, 0.29) is 24.2 Å². The number of hydrogen-bond acceptors (Lipinski definition) is 6. The minimum atomic E-state index is -0.520. The highest BCUT2D eigenvalue weighted by Crippen LogP contribution is 2.36. The number of pyridine rings is 1. The summed E-state index contributed by atoms with van der Waals surface area (Å²) in [5.41, 5.74) is 10.9. The molecular weight excluding hydrogens is 561 g/mol. The number of anilines is 2. The lowest BCUT2D eigenvalue weighted by Crippen LogP contribution is -2.41. The first-order valence-electron chi connectivity index (χ1n) is 14.4. The highest BCUT2D eigenvalue weighted by Gasteiger charge is 2.30. The number of para-hydroxylation sites is 1. The first-order valence-corrected chi connectivity index (χ1v) is 14.4. The molecular formula is C33H32FN7O3. The van der Waals surface area contributed by atoms with Crippen molar-refractivity contribution in [3.05, 3.63) is 102 Å². The van der Waals surface area contributed by atoms with Gasteiger partial charge in [0.15, 0.2) is 5.82 Å². The van der Waals surface area contributed by atoms with E-state index in [0.29, 0.717) is 29.2 Å². The number of aromatic amines is 1. The van der Waals surface area contributed by atoms with E-state index in [9.17, 15) is 14.0 Å². The quantitative estimate of drug-likeness (QED) is 0.181. The van der Waals surface area contributed by atoms with E-state index < -0.39 is 11.7 Å². The Balaban J connectivity index is 1.25. The third-order valence-corrected chi connectivity index (χ3v) is 7.81. The van der Waals surface area contributed by atoms with Crippen molar-refractivity contribution in [2.24, 2.45) is 0 Å². The summed E-state index contributed by atoms with van der Waals surface area (Å²) in [6.07, 6.45) is 2.66. The van der Waals surface area contributed by atoms with Crippen molar-refractivity contribution in [2.75, 3.05) is 24.7 Å². The number of piperidine rings is 1. The number of carbonyl (C=O) groups is 2. The number of nitrogen functional groups attached to an aromatic ring is 1. The van der Waals surface area contributed by atoms with Crippen LogP contribution in [0.15, 0.2) is 78.9 Å². The fourth-order valence-corrected chi connectivity index (χ4v) is 5.58. The van der Waals surface area contributed by atoms with Gasteiger partial charge in [-0.15, -0.1) is 0 Å². The van der Waals surface area contributed by atoms with Crippen LogP contribution in [0.3, 0.4) is 0 Å². The van der Waals surface area contributed by atoms with Crippen molar-refractivity contribution in [2.45, 2.75) is 31.8 Å². The Kier molecular flexibility index (Phi) is 8.09. The van der Waals surface area contributed by atoms with Gasteiger partial charge in [0.2, 0.25) is 0 Å². The molecule has 6 rings (SSSR count). The number of amides is 3. The lowest BCUT2D eigenvalue weighted by Gasteiger charge is -2.35. The number of halogens is 1. The summed E-state index contributed by atoms with van der Waals surface area (Å²) in [6, 6.07) is 22.3. The van der Waals surface area contributed by atoms with Gasteiger partial charge in [-0.1, -0.05) is 42.5 Å². The molecule has 1 aliphatic heterocycles. The molecule has 10 nitrogen and oxygen atoms in total. The van der Waals surface area contributed by atoms with E-state index in [1.165, 1.54) is 19.2 Å². The smallest absolute Gasteiger partial charge is 0.322 e. The summed E-state index contributed by atoms with van der Waals surface area (Å²) in [5.74, 6) is -0.341. The van der Waals surface area contributed by atoms with Crippen LogP contribution in [0.5, 0.6) is 5.75 Å². The number of nitrogens with one attached hydrogen (secondary N) is 3. The molecule has 0 aliphatic carbocycles. The molecule has 224 valence electrons. The Hall–Kier alpha value is -5.45. The zero-order valence-electron chi connectivity index (χ0n) is 24.1. The number of ether oxygens (including phenoxy) is 1. The Labute approximate surface area is 253 Å². The highest BCUT2D eigenvalue weighted by atomic mass is 19.1. The second-order valence-corrected chi connectivity index (χ2v) is 10.7. The zero-order valence-corrected chi connectivity index (χ0v) is 24.1. The molecule has 44 heavy (non-hydrogen) atoms. The van der Waals surface area contributed by atoms with Gasteiger partial charge < -0.3 is 26.0 Å². The second-order valence-electron chi connectivity index (χ2n) is 10.7. The molecule has 5 N–H and O–H groups in total. The van der Waals surface area contributed by atoms with E-state index >= 15 is 0 Å². The van der Waals surface area contributed by atoms with Gasteiger partial charge in [0.25, 0.3) is 5.91 Å². The Morgan fingerprint density at radius 1 is 1.07 bits per heavy atom. The summed E-state index contributed by atoms with van der Waals surface area (Å²) in [7, 11) is 1.43. The van der Waals surface area contributed by atoms with Crippen LogP contribution >= 0.6 is 0 Å². The second kappa shape index (κ2) is 12.4. The molecule has 3 heterocycles. The van der Waals surface area contributed by atoms with Crippen LogP contribution in [0.2, 0.25) is 0 Å². The molecule has 0 bridgehead atoms. The van der Waals surface area contributed by atoms with Crippen LogP contribution in [0.1, 0.15) is 46.9 Å². The minimum absolute atomic E-state index is 0.122. The average Bonchev–Trinajstić information content (AvgIpc) is 3.44. The molecule has 1 aliphatic rings. The third-order valence-electron chi connectivity index (χ3n) is 7.81. The van der Waals surface area contributed by atoms with E-state index in [4.69, 9.17) is 15.5 Å². The molecule has 2 aromatic heterocycles. The third kappa shape index (κ3) is 5.89. The number of hydrogen-bond donors (Lipinski definition) is 4. The van der Waals surface area contributed by atoms with Gasteiger partial charge in [0.1, 0.15) is 11.6 Å². The molecule has 1 atom stereocenters. The van der Waals surface area contributed by atoms with Crippen LogP contribution in [-0.4, -0.2) is 45.7 Å². The molecule has 5 aromatic rings. The monoisotopic (exact) mass is 593 g/mol. The maximum Gasteiger partial charge on any atom is 0.322 e. The van der Waals surface area contributed by atoms with Crippen LogP contribution in [-0.2, 0) is 6.54 Å². The molecule has 1 unspecified atom stereocenters. The summed E-state index contributed by atoms with van der Waals surface area (Å²) in [4.78, 5) is 33.0. The first-order chi connectivity index (χ1) is 21.4. The zero-order chi connectivity index (χ0) is 30.6. The molecule has 0 radical (unpaired) electrons. The van der Waals surface area contributed by atoms with E-state index in [1.54, 1.807) is 0 Å². The molecule has 3 aromatic carbocycles. The van der Waals surface area contributed by atoms with Crippen LogP contribution in [0.25, 0.3) is 22.2 Å². The van der Waals surface area contributed by atoms with Gasteiger partial charge in [-0.3, -0.25) is 9.89 Å². The molecule has 0 saturated carbocycles. The average molecular weight is 594 g/mol. The fraction of sp³-hybridized carbons (Fsp3) is 0.212. The minimum Gasteiger partial charge on any atom is -0.496 e. The van der Waals surface area contributed by atoms with Crippen molar-refractivity contribution < 1.29 is 18.7 Å². The largest absolute Gasteiger partial charge is 0.496 e. The van der Waals surface area contributed by atoms with Gasteiger partial charge in [-0.25, -0.2) is 14.2 Å². The maximum atomic E-state index is 13.7. The predicted molar refractivity (Wildman–Crippen MR) is 167 cm³/mol. The standard InChI is InChI=1S/C33H32FN7O3/c1-44-28-15-14-22(34)17-24(28)32(42)36-19-20-10-12-21(13-11-20)30-29-26(39-40-31(29)35)18-25(38-30)27-9-5-6-16-41(27)33(43)37-23-7-3-2-4-8-23/h2-4,7-8,10-15,17-18,27H,5-6,9,16,19H2,1H3,(H,36,42)(H,37,43)(H3,35,39,40). The van der Waals surface area contributed by atoms with Gasteiger partial charge in [-0.05, 0) is 61.2 Å². The topological polar surface area (TPSA) is 138 Å². The number of methoxy groups -OCH3 is 1. The van der Waals surface area contributed by atoms with Crippen molar-refractivity contribution in [1.82, 2.24) is 25.4 Å². The van der Waals surface area contributed by atoms with Crippen molar-refractivity contribution in [3.8, 4) is 17.0 Å². The van der Waals surface area contributed by atoms with E-state index in [0.717, 1.165) is 53.4 Å². The Morgan fingerprint density at radius 3 is 2.64 bits per heavy atom. The first kappa shape index (κ1) is 28.7. The Morgan fingerprint density at radius 2 is 1.86 bits per heavy atom. The number of fused-ring (bicyclic) bond motifs is 1. The van der Waals surface area contributed by atoms with Gasteiger partial charge >= 0.3 is 6.03 Å². The number of aromatic nitrogens is 3. The number of nitrogens with two attached hydrogens (primary N) is 1. The van der Waals surface area contributed by atoms with Crippen LogP contribution in [0, 0.1) is 5.82 Å². The van der Waals surface area contributed by atoms with Gasteiger partial charge in [0.05, 0.1) is 41.0 Å². The summed E-state index contributed by atoms with van der Waals surface area (Å²) >= 11 is 0. The summed E-state index contributed by atoms with van der Waals surface area (Å²) in [5, 5.41) is 13.8. The van der Waals surface area contributed by atoms with Crippen molar-refractivity contribution in [1.29, 1.82) is 0 Å². The van der Waals surface area contributed by atoms with Crippen molar-refractivity contribution in [3.63, 3.8) is 0 Å². The number of rotatable bonds is 7. The number of H-pyrrole nitrogens is 1. The lowest BCUT2D eigenvalue weighted by atomic mass is 9.97. The number of urea groups is 1. The number of likely N-dealkylation sites (tertiary alicyclic amines) is 1. The normalized spacial score (nSPS) is 14.8. The maximum absolute atomic E-state index is 13.7. The summed E-state index contributed by atoms with van der Waals surface area (Å²) in [6.45, 7) is 0.842. The van der Waals surface area contributed by atoms with E-state index in [2.05, 4.69) is 20.8 Å². The molecule has 3 amide bonds. The SMILES string of the molecule is COc1ccc(F)cc1C(=O)NCc1ccc(-c2nc(C3CCCCN3C(=O)Nc3ccccc3)cc3[nH]nc(N)c23)cc1. The van der Waals surface area contributed by atoms with Crippen LogP contribution < -0.4 is 21.1 Å². The number of nitrogens with zero attached hydrogens (tertiary/aromatic N) is 3. The van der Waals surface area contributed by atoms with Gasteiger partial charge in [0, 0.05) is 24.3 Å². The fourth-order valence-electron chi connectivity index (χ4n) is 5.58. The molecule has 1 saturated heterocycles. The molecule has 1 fully saturated rings. The molecule has 11 heteroatoms. The predicted octanol–water partition coefficient (Wildman–Crippen LogP) is 6.04. The van der Waals surface area contributed by atoms with Gasteiger partial charge in [-0.2, -0.15) is 5.10 Å². The van der Waals surface area contributed by atoms with E-state index in [1.807, 2.05) is 65.6 Å². The number of carbonyl (C=O) groups excluding carboxylic acids is 2. The number of benzene rings is 3. The van der Waals surface area contributed by atoms with Crippen molar-refractivity contribution >= 4 is 34.3 Å². The highest BCUT2D eigenvalue weighted by molar-refractivity contribution is 6.00. The van der Waals surface area contributed by atoms with Crippen LogP contribution in [0.4, 0.5) is 20.7 Å². The Bertz CT molecular complexity index is 1810. The lowest BCUT2D eigenvalue weighted by molar-refractivity contribution is 0.0947.